The van der Waals surface area contributed by atoms with E-state index < -0.39 is 17.9 Å². The number of hydrogen-bond acceptors (Lipinski definition) is 5. The van der Waals surface area contributed by atoms with Gasteiger partial charge in [-0.05, 0) is 42.0 Å². The van der Waals surface area contributed by atoms with Crippen molar-refractivity contribution in [1.82, 2.24) is 20.3 Å². The molecule has 2 aromatic heterocycles. The van der Waals surface area contributed by atoms with Gasteiger partial charge in [0, 0.05) is 24.4 Å². The number of carbonyl (C=O) groups excluding carboxylic acids is 2. The van der Waals surface area contributed by atoms with Crippen molar-refractivity contribution >= 4 is 22.8 Å². The Morgan fingerprint density at radius 3 is 2.47 bits per heavy atom. The molecular weight excluding hydrogens is 404 g/mol. The molecule has 0 spiro atoms. The van der Waals surface area contributed by atoms with Crippen LogP contribution < -0.4 is 11.1 Å². The zero-order valence-electron chi connectivity index (χ0n) is 16.4. The fourth-order valence-electron chi connectivity index (χ4n) is 3.27. The van der Waals surface area contributed by atoms with E-state index in [9.17, 15) is 9.59 Å². The van der Waals surface area contributed by atoms with E-state index in [0.717, 1.165) is 11.1 Å². The predicted molar refractivity (Wildman–Crippen MR) is 121 cm³/mol. The van der Waals surface area contributed by atoms with Crippen LogP contribution in [0.2, 0.25) is 0 Å². The molecule has 0 fully saturated rings. The van der Waals surface area contributed by atoms with E-state index in [1.807, 2.05) is 24.3 Å². The van der Waals surface area contributed by atoms with Crippen molar-refractivity contribution < 1.29 is 9.59 Å². The van der Waals surface area contributed by atoms with Crippen LogP contribution in [0.4, 0.5) is 0 Å². The van der Waals surface area contributed by atoms with Crippen LogP contribution in [-0.2, 0) is 11.2 Å². The van der Waals surface area contributed by atoms with Crippen LogP contribution in [0.1, 0.15) is 28.9 Å². The lowest BCUT2D eigenvalue weighted by Crippen LogP contribution is -2.45. The van der Waals surface area contributed by atoms with Gasteiger partial charge >= 0.3 is 0 Å². The number of nitrogens with two attached hydrogens (primary N) is 1. The Hall–Kier alpha value is -4.51. The number of imidazole rings is 1. The number of aromatic amines is 1. The maximum Gasteiger partial charge on any atom is 0.254 e. The highest BCUT2D eigenvalue weighted by molar-refractivity contribution is 6.06. The number of benzene rings is 2. The van der Waals surface area contributed by atoms with Crippen molar-refractivity contribution in [1.29, 1.82) is 5.26 Å². The maximum atomic E-state index is 13.0. The topological polar surface area (TPSA) is 138 Å². The van der Waals surface area contributed by atoms with Crippen LogP contribution in [0.15, 0.2) is 67.0 Å². The summed E-state index contributed by atoms with van der Waals surface area (Å²) >= 11 is 0. The molecule has 0 radical (unpaired) electrons. The molecule has 0 aliphatic heterocycles. The highest BCUT2D eigenvalue weighted by atomic mass is 16.2. The van der Waals surface area contributed by atoms with Gasteiger partial charge < -0.3 is 16.0 Å². The third-order valence-electron chi connectivity index (χ3n) is 4.88. The lowest BCUT2D eigenvalue weighted by Gasteiger charge is -2.16. The lowest BCUT2D eigenvalue weighted by molar-refractivity contribution is -0.119. The minimum Gasteiger partial charge on any atom is -0.368 e. The zero-order valence-corrected chi connectivity index (χ0v) is 16.4. The fourth-order valence-corrected chi connectivity index (χ4v) is 3.27. The van der Waals surface area contributed by atoms with E-state index in [-0.39, 0.29) is 13.8 Å². The largest absolute Gasteiger partial charge is 0.368 e. The van der Waals surface area contributed by atoms with E-state index in [0.29, 0.717) is 28.0 Å². The Morgan fingerprint density at radius 1 is 1.09 bits per heavy atom. The van der Waals surface area contributed by atoms with Crippen LogP contribution in [0.5, 0.6) is 0 Å². The van der Waals surface area contributed by atoms with Gasteiger partial charge in [0.2, 0.25) is 5.91 Å². The smallest absolute Gasteiger partial charge is 0.254 e. The van der Waals surface area contributed by atoms with Gasteiger partial charge in [-0.25, -0.2) is 4.98 Å². The number of hydrogen-bond donors (Lipinski definition) is 3. The summed E-state index contributed by atoms with van der Waals surface area (Å²) in [5, 5.41) is 11.6. The first-order chi connectivity index (χ1) is 15.0. The Labute approximate surface area is 185 Å². The second-order valence-corrected chi connectivity index (χ2v) is 6.96. The molecule has 0 saturated heterocycles. The number of para-hydroxylation sites is 1. The van der Waals surface area contributed by atoms with Gasteiger partial charge in [-0.3, -0.25) is 14.6 Å². The first-order valence-corrected chi connectivity index (χ1v) is 9.53. The second-order valence-electron chi connectivity index (χ2n) is 6.96. The number of nitrogens with one attached hydrogen (secondary N) is 2. The van der Waals surface area contributed by atoms with Gasteiger partial charge in [-0.2, -0.15) is 5.26 Å². The number of fused-ring (bicyclic) bond motifs is 1. The Bertz CT molecular complexity index is 1290. The van der Waals surface area contributed by atoms with Gasteiger partial charge in [-0.15, -0.1) is 0 Å². The molecule has 4 rings (SSSR count). The number of rotatable bonds is 6. The summed E-state index contributed by atoms with van der Waals surface area (Å²) in [6.07, 6.45) is 3.54. The van der Waals surface area contributed by atoms with Crippen LogP contribution in [-0.4, -0.2) is 32.8 Å². The third kappa shape index (κ3) is 4.63. The van der Waals surface area contributed by atoms with Crippen LogP contribution >= 0.6 is 0 Å². The molecule has 1 atom stereocenters. The van der Waals surface area contributed by atoms with Crippen molar-refractivity contribution in [3.05, 3.63) is 83.7 Å². The van der Waals surface area contributed by atoms with E-state index in [2.05, 4.69) is 20.3 Å². The molecule has 8 heteroatoms. The summed E-state index contributed by atoms with van der Waals surface area (Å²) in [4.78, 5) is 36.7. The second kappa shape index (κ2) is 9.53. The third-order valence-corrected chi connectivity index (χ3v) is 4.88. The highest BCUT2D eigenvalue weighted by Gasteiger charge is 2.22. The molecule has 0 aliphatic carbocycles. The molecule has 2 heterocycles. The van der Waals surface area contributed by atoms with Gasteiger partial charge in [-0.1, -0.05) is 25.6 Å². The Balaban J connectivity index is 0.00000289. The van der Waals surface area contributed by atoms with Gasteiger partial charge in [0.25, 0.3) is 5.91 Å². The number of primary amides is 1. The van der Waals surface area contributed by atoms with Crippen molar-refractivity contribution in [2.75, 3.05) is 0 Å². The van der Waals surface area contributed by atoms with E-state index in [1.165, 1.54) is 0 Å². The molecule has 0 saturated carbocycles. The fraction of sp³-hybridized carbons (Fsp3) is 0.125. The molecule has 8 nitrogen and oxygen atoms in total. The number of aromatic nitrogens is 3. The van der Waals surface area contributed by atoms with Crippen LogP contribution in [0.25, 0.3) is 22.4 Å². The zero-order chi connectivity index (χ0) is 21.8. The number of H-pyrrole nitrogens is 1. The molecule has 0 aliphatic rings. The molecule has 4 N–H and O–H groups in total. The van der Waals surface area contributed by atoms with E-state index in [4.69, 9.17) is 11.0 Å². The van der Waals surface area contributed by atoms with Crippen molar-refractivity contribution in [3.8, 4) is 17.5 Å². The molecule has 2 aromatic carbocycles. The summed E-state index contributed by atoms with van der Waals surface area (Å²) in [5.74, 6) is -0.484. The van der Waals surface area contributed by atoms with Crippen molar-refractivity contribution in [2.24, 2.45) is 5.73 Å². The predicted octanol–water partition coefficient (Wildman–Crippen LogP) is 2.96. The van der Waals surface area contributed by atoms with Gasteiger partial charge in [0.1, 0.15) is 17.4 Å². The maximum absolute atomic E-state index is 13.0. The molecule has 0 bridgehead atoms. The molecule has 2 amide bonds. The minimum atomic E-state index is -0.908. The monoisotopic (exact) mass is 426 g/mol. The van der Waals surface area contributed by atoms with Crippen LogP contribution in [0, 0.1) is 11.3 Å². The number of nitrogens with zero attached hydrogens (tertiary/aromatic N) is 3. The molecule has 4 aromatic rings. The van der Waals surface area contributed by atoms with Crippen molar-refractivity contribution in [2.45, 2.75) is 19.9 Å². The minimum absolute atomic E-state index is 0. The summed E-state index contributed by atoms with van der Waals surface area (Å²) in [6, 6.07) is 16.8. The summed E-state index contributed by atoms with van der Waals surface area (Å²) in [5.41, 5.74) is 9.18. The first kappa shape index (κ1) is 22.2. The SMILES string of the molecule is C.N#Cc1ccc(C[C@H](NC(=O)c2cccc3[nH]c(-c4ccncc4)nc23)C(N)=O)cc1. The van der Waals surface area contributed by atoms with Crippen molar-refractivity contribution in [3.63, 3.8) is 0 Å². The standard InChI is InChI=1S/C23H18N6O2.CH4/c24-13-15-6-4-14(5-7-15)12-19(21(25)30)28-23(31)17-2-1-3-18-20(17)29-22(27-18)16-8-10-26-11-9-16;/h1-11,19H,12H2,(H2,25,30)(H,27,29)(H,28,31);1H4/t19-;/m0./s1. The first-order valence-electron chi connectivity index (χ1n) is 9.53. The Morgan fingerprint density at radius 2 is 1.81 bits per heavy atom. The van der Waals surface area contributed by atoms with E-state index >= 15 is 0 Å². The molecule has 160 valence electrons. The number of amides is 2. The molecule has 0 unspecified atom stereocenters. The molecular formula is C24H22N6O2. The normalized spacial score (nSPS) is 11.2. The van der Waals surface area contributed by atoms with Crippen LogP contribution in [0.3, 0.4) is 0 Å². The van der Waals surface area contributed by atoms with E-state index in [1.54, 1.807) is 48.8 Å². The highest BCUT2D eigenvalue weighted by Crippen LogP contribution is 2.22. The summed E-state index contributed by atoms with van der Waals surface area (Å²) < 4.78 is 0. The lowest BCUT2D eigenvalue weighted by atomic mass is 10.0. The number of pyridine rings is 1. The quantitative estimate of drug-likeness (QED) is 0.435. The summed E-state index contributed by atoms with van der Waals surface area (Å²) in [7, 11) is 0. The average molecular weight is 426 g/mol. The number of carbonyl (C=O) groups is 2. The average Bonchev–Trinajstić information content (AvgIpc) is 3.24. The number of nitriles is 1. The summed E-state index contributed by atoms with van der Waals surface area (Å²) in [6.45, 7) is 0. The van der Waals surface area contributed by atoms with Gasteiger partial charge in [0.15, 0.2) is 0 Å². The molecule has 32 heavy (non-hydrogen) atoms. The van der Waals surface area contributed by atoms with Gasteiger partial charge in [0.05, 0.1) is 22.7 Å². The Kier molecular flexibility index (Phi) is 6.61.